The third kappa shape index (κ3) is 3.93. The standard InChI is InChI=1S/C22H19N3OS/c1-16(19-12-11-18-9-5-6-10-20(18)13-19)23-24-22-25(21(26)15-27-22)14-17-7-3-2-4-8-17/h2-13H,14-15H2,1H3/b23-16+,24-22+. The third-order valence-corrected chi connectivity index (χ3v) is 5.44. The number of benzene rings is 3. The molecule has 1 saturated heterocycles. The van der Waals surface area contributed by atoms with Gasteiger partial charge in [0.25, 0.3) is 0 Å². The lowest BCUT2D eigenvalue weighted by atomic mass is 10.0. The highest BCUT2D eigenvalue weighted by atomic mass is 32.2. The molecular formula is C22H19N3OS. The molecule has 1 heterocycles. The molecule has 0 N–H and O–H groups in total. The summed E-state index contributed by atoms with van der Waals surface area (Å²) in [6.45, 7) is 2.47. The largest absolute Gasteiger partial charge is 0.285 e. The number of fused-ring (bicyclic) bond motifs is 1. The van der Waals surface area contributed by atoms with Crippen LogP contribution in [-0.2, 0) is 11.3 Å². The van der Waals surface area contributed by atoms with E-state index in [1.54, 1.807) is 4.90 Å². The van der Waals surface area contributed by atoms with E-state index in [0.29, 0.717) is 17.5 Å². The Morgan fingerprint density at radius 3 is 2.56 bits per heavy atom. The van der Waals surface area contributed by atoms with Crippen molar-refractivity contribution in [3.63, 3.8) is 0 Å². The molecule has 1 fully saturated rings. The minimum atomic E-state index is 0.0705. The number of nitrogens with zero attached hydrogens (tertiary/aromatic N) is 3. The van der Waals surface area contributed by atoms with Crippen LogP contribution in [-0.4, -0.2) is 27.4 Å². The summed E-state index contributed by atoms with van der Waals surface area (Å²) in [4.78, 5) is 13.9. The number of carbonyl (C=O) groups excluding carboxylic acids is 1. The molecule has 27 heavy (non-hydrogen) atoms. The van der Waals surface area contributed by atoms with Gasteiger partial charge in [0.1, 0.15) is 0 Å². The van der Waals surface area contributed by atoms with Gasteiger partial charge in [-0.25, -0.2) is 0 Å². The van der Waals surface area contributed by atoms with Gasteiger partial charge in [-0.3, -0.25) is 9.69 Å². The summed E-state index contributed by atoms with van der Waals surface area (Å²) < 4.78 is 0. The quantitative estimate of drug-likeness (QED) is 0.492. The summed E-state index contributed by atoms with van der Waals surface area (Å²) in [6, 6.07) is 24.4. The lowest BCUT2D eigenvalue weighted by Crippen LogP contribution is -2.28. The summed E-state index contributed by atoms with van der Waals surface area (Å²) in [7, 11) is 0. The number of hydrogen-bond donors (Lipinski definition) is 0. The van der Waals surface area contributed by atoms with Gasteiger partial charge in [-0.05, 0) is 34.9 Å². The van der Waals surface area contributed by atoms with E-state index in [1.165, 1.54) is 22.5 Å². The second kappa shape index (κ2) is 7.76. The SMILES string of the molecule is C/C(=N\N=C1\SCC(=O)N1Cc1ccccc1)c1ccc2ccccc2c1. The van der Waals surface area contributed by atoms with Crippen LogP contribution in [0.25, 0.3) is 10.8 Å². The second-order valence-electron chi connectivity index (χ2n) is 6.38. The molecule has 0 spiro atoms. The summed E-state index contributed by atoms with van der Waals surface area (Å²) >= 11 is 1.44. The Morgan fingerprint density at radius 2 is 1.74 bits per heavy atom. The van der Waals surface area contributed by atoms with Crippen LogP contribution in [0.2, 0.25) is 0 Å². The molecule has 5 heteroatoms. The average molecular weight is 373 g/mol. The first-order valence-corrected chi connectivity index (χ1v) is 9.78. The molecule has 0 bridgehead atoms. The molecule has 0 unspecified atom stereocenters. The molecule has 4 rings (SSSR count). The zero-order chi connectivity index (χ0) is 18.6. The lowest BCUT2D eigenvalue weighted by molar-refractivity contribution is -0.124. The van der Waals surface area contributed by atoms with Crippen molar-refractivity contribution in [3.8, 4) is 0 Å². The predicted octanol–water partition coefficient (Wildman–Crippen LogP) is 4.70. The average Bonchev–Trinajstić information content (AvgIpc) is 3.06. The maximum atomic E-state index is 12.2. The van der Waals surface area contributed by atoms with Crippen LogP contribution in [0.1, 0.15) is 18.1 Å². The van der Waals surface area contributed by atoms with E-state index >= 15 is 0 Å². The summed E-state index contributed by atoms with van der Waals surface area (Å²) in [5, 5.41) is 11.8. The second-order valence-corrected chi connectivity index (χ2v) is 7.33. The Labute approximate surface area is 162 Å². The highest BCUT2D eigenvalue weighted by Gasteiger charge is 2.28. The zero-order valence-electron chi connectivity index (χ0n) is 15.0. The van der Waals surface area contributed by atoms with E-state index in [1.807, 2.05) is 49.4 Å². The first kappa shape index (κ1) is 17.5. The molecule has 0 atom stereocenters. The first-order valence-electron chi connectivity index (χ1n) is 8.79. The van der Waals surface area contributed by atoms with Gasteiger partial charge in [0, 0.05) is 0 Å². The fourth-order valence-corrected chi connectivity index (χ4v) is 3.81. The van der Waals surface area contributed by atoms with E-state index in [0.717, 1.165) is 16.8 Å². The Bertz CT molecular complexity index is 1040. The molecule has 1 amide bonds. The Kier molecular flexibility index (Phi) is 5.03. The van der Waals surface area contributed by atoms with Gasteiger partial charge in [-0.15, -0.1) is 5.10 Å². The lowest BCUT2D eigenvalue weighted by Gasteiger charge is -2.15. The summed E-state index contributed by atoms with van der Waals surface area (Å²) in [5.74, 6) is 0.483. The van der Waals surface area contributed by atoms with E-state index in [2.05, 4.69) is 40.5 Å². The van der Waals surface area contributed by atoms with Crippen molar-refractivity contribution in [2.45, 2.75) is 13.5 Å². The van der Waals surface area contributed by atoms with Crippen molar-refractivity contribution in [1.82, 2.24) is 4.90 Å². The van der Waals surface area contributed by atoms with Crippen LogP contribution in [0.3, 0.4) is 0 Å². The molecule has 1 aliphatic heterocycles. The van der Waals surface area contributed by atoms with Gasteiger partial charge >= 0.3 is 0 Å². The van der Waals surface area contributed by atoms with Crippen molar-refractivity contribution in [3.05, 3.63) is 83.9 Å². The number of amidine groups is 1. The fraction of sp³-hybridized carbons (Fsp3) is 0.136. The molecule has 0 aromatic heterocycles. The minimum absolute atomic E-state index is 0.0705. The number of amides is 1. The Hall–Kier alpha value is -2.92. The zero-order valence-corrected chi connectivity index (χ0v) is 15.8. The summed E-state index contributed by atoms with van der Waals surface area (Å²) in [6.07, 6.45) is 0. The molecule has 0 aliphatic carbocycles. The van der Waals surface area contributed by atoms with Crippen molar-refractivity contribution >= 4 is 39.3 Å². The van der Waals surface area contributed by atoms with Crippen LogP contribution in [0, 0.1) is 0 Å². The highest BCUT2D eigenvalue weighted by Crippen LogP contribution is 2.22. The third-order valence-electron chi connectivity index (χ3n) is 4.49. The fourth-order valence-electron chi connectivity index (χ4n) is 2.98. The van der Waals surface area contributed by atoms with Crippen LogP contribution in [0.4, 0.5) is 0 Å². The molecule has 0 radical (unpaired) electrons. The summed E-state index contributed by atoms with van der Waals surface area (Å²) in [5.41, 5.74) is 2.94. The smallest absolute Gasteiger partial charge is 0.239 e. The Balaban J connectivity index is 1.57. The van der Waals surface area contributed by atoms with E-state index in [4.69, 9.17) is 0 Å². The number of thioether (sulfide) groups is 1. The van der Waals surface area contributed by atoms with Crippen molar-refractivity contribution < 1.29 is 4.79 Å². The van der Waals surface area contributed by atoms with Gasteiger partial charge in [-0.2, -0.15) is 5.10 Å². The van der Waals surface area contributed by atoms with Crippen molar-refractivity contribution in [1.29, 1.82) is 0 Å². The molecule has 3 aromatic carbocycles. The van der Waals surface area contributed by atoms with Crippen molar-refractivity contribution in [2.24, 2.45) is 10.2 Å². The molecule has 3 aromatic rings. The number of hydrogen-bond acceptors (Lipinski definition) is 4. The van der Waals surface area contributed by atoms with Crippen LogP contribution < -0.4 is 0 Å². The van der Waals surface area contributed by atoms with Gasteiger partial charge in [0.15, 0.2) is 5.17 Å². The number of carbonyl (C=O) groups is 1. The monoisotopic (exact) mass is 373 g/mol. The van der Waals surface area contributed by atoms with E-state index in [-0.39, 0.29) is 5.91 Å². The molecule has 134 valence electrons. The molecule has 0 saturated carbocycles. The van der Waals surface area contributed by atoms with Crippen LogP contribution >= 0.6 is 11.8 Å². The normalized spacial score (nSPS) is 16.5. The van der Waals surface area contributed by atoms with Crippen LogP contribution in [0.5, 0.6) is 0 Å². The number of rotatable bonds is 4. The highest BCUT2D eigenvalue weighted by molar-refractivity contribution is 8.15. The van der Waals surface area contributed by atoms with Gasteiger partial charge in [-0.1, -0.05) is 78.5 Å². The van der Waals surface area contributed by atoms with Gasteiger partial charge in [0.2, 0.25) is 5.91 Å². The molecular weight excluding hydrogens is 354 g/mol. The minimum Gasteiger partial charge on any atom is -0.285 e. The maximum Gasteiger partial charge on any atom is 0.239 e. The van der Waals surface area contributed by atoms with Gasteiger partial charge in [0.05, 0.1) is 18.0 Å². The topological polar surface area (TPSA) is 45.0 Å². The first-order chi connectivity index (χ1) is 13.2. The van der Waals surface area contributed by atoms with Crippen LogP contribution in [0.15, 0.2) is 83.0 Å². The van der Waals surface area contributed by atoms with Crippen molar-refractivity contribution in [2.75, 3.05) is 5.75 Å². The van der Waals surface area contributed by atoms with Gasteiger partial charge < -0.3 is 0 Å². The van der Waals surface area contributed by atoms with E-state index < -0.39 is 0 Å². The maximum absolute atomic E-state index is 12.2. The molecule has 1 aliphatic rings. The Morgan fingerprint density at radius 1 is 1.00 bits per heavy atom. The van der Waals surface area contributed by atoms with E-state index in [9.17, 15) is 4.79 Å². The molecule has 4 nitrogen and oxygen atoms in total. The predicted molar refractivity (Wildman–Crippen MR) is 113 cm³/mol.